The summed E-state index contributed by atoms with van der Waals surface area (Å²) in [6.45, 7) is 11.5. The lowest BCUT2D eigenvalue weighted by Crippen LogP contribution is -2.35. The summed E-state index contributed by atoms with van der Waals surface area (Å²) in [5, 5.41) is 15.6. The first kappa shape index (κ1) is 27.6. The molecule has 2 N–H and O–H groups in total. The van der Waals surface area contributed by atoms with E-state index in [0.717, 1.165) is 64.0 Å². The third kappa shape index (κ3) is 7.49. The molecule has 0 radical (unpaired) electrons. The Bertz CT molecular complexity index is 1020. The normalized spacial score (nSPS) is 14.9. The van der Waals surface area contributed by atoms with Gasteiger partial charge in [-0.1, -0.05) is 32.9 Å². The van der Waals surface area contributed by atoms with Crippen LogP contribution in [-0.4, -0.2) is 60.7 Å². The quantitative estimate of drug-likeness (QED) is 0.454. The Balaban J connectivity index is 1.58. The van der Waals surface area contributed by atoms with Crippen LogP contribution in [0, 0.1) is 16.7 Å². The van der Waals surface area contributed by atoms with Gasteiger partial charge in [0, 0.05) is 44.1 Å². The summed E-state index contributed by atoms with van der Waals surface area (Å²) in [6, 6.07) is 9.97. The lowest BCUT2D eigenvalue weighted by atomic mass is 9.85. The number of hydrogen-bond donors (Lipinski definition) is 2. The maximum atomic E-state index is 12.8. The number of anilines is 1. The average Bonchev–Trinajstić information content (AvgIpc) is 2.94. The van der Waals surface area contributed by atoms with Gasteiger partial charge >= 0.3 is 0 Å². The lowest BCUT2D eigenvalue weighted by molar-refractivity contribution is 0.0951. The van der Waals surface area contributed by atoms with E-state index >= 15 is 0 Å². The van der Waals surface area contributed by atoms with E-state index in [-0.39, 0.29) is 23.7 Å². The van der Waals surface area contributed by atoms with Crippen LogP contribution in [0.2, 0.25) is 0 Å². The maximum Gasteiger partial charge on any atom is 0.251 e. The molecule has 0 aliphatic carbocycles. The number of carbonyl (C=O) groups excluding carboxylic acids is 1. The number of carbonyl (C=O) groups is 1. The van der Waals surface area contributed by atoms with Crippen molar-refractivity contribution in [1.82, 2.24) is 20.2 Å². The number of amides is 1. The Morgan fingerprint density at radius 2 is 1.92 bits per heavy atom. The van der Waals surface area contributed by atoms with Crippen LogP contribution < -0.4 is 10.6 Å². The molecule has 0 unspecified atom stereocenters. The van der Waals surface area contributed by atoms with Crippen molar-refractivity contribution in [2.24, 2.45) is 5.41 Å². The van der Waals surface area contributed by atoms with E-state index in [2.05, 4.69) is 58.4 Å². The van der Waals surface area contributed by atoms with Gasteiger partial charge in [-0.15, -0.1) is 0 Å². The summed E-state index contributed by atoms with van der Waals surface area (Å²) in [6.07, 6.45) is 5.92. The molecule has 8 nitrogen and oxygen atoms in total. The highest BCUT2D eigenvalue weighted by atomic mass is 16.5. The molecule has 1 aliphatic heterocycles. The summed E-state index contributed by atoms with van der Waals surface area (Å²) < 4.78 is 5.19. The molecule has 0 bridgehead atoms. The van der Waals surface area contributed by atoms with Crippen molar-refractivity contribution in [3.05, 3.63) is 53.0 Å². The summed E-state index contributed by atoms with van der Waals surface area (Å²) in [5.74, 6) is 1.10. The highest BCUT2D eigenvalue weighted by Crippen LogP contribution is 2.28. The molecule has 0 atom stereocenters. The van der Waals surface area contributed by atoms with Crippen LogP contribution in [0.1, 0.15) is 79.7 Å². The molecule has 3 rings (SSSR count). The zero-order valence-electron chi connectivity index (χ0n) is 22.1. The minimum absolute atomic E-state index is 0.113. The minimum atomic E-state index is -0.141. The second kappa shape index (κ2) is 13.3. The Kier molecular flexibility index (Phi) is 10.2. The fourth-order valence-electron chi connectivity index (χ4n) is 4.43. The van der Waals surface area contributed by atoms with Crippen LogP contribution in [0.5, 0.6) is 0 Å². The van der Waals surface area contributed by atoms with E-state index in [0.29, 0.717) is 17.3 Å². The Morgan fingerprint density at radius 3 is 2.53 bits per heavy atom. The molecule has 2 aromatic rings. The number of rotatable bonds is 12. The van der Waals surface area contributed by atoms with Gasteiger partial charge in [0.25, 0.3) is 5.91 Å². The van der Waals surface area contributed by atoms with Crippen LogP contribution >= 0.6 is 0 Å². The number of nitrogens with one attached hydrogen (secondary N) is 2. The van der Waals surface area contributed by atoms with E-state index < -0.39 is 0 Å². The van der Waals surface area contributed by atoms with Crippen LogP contribution in [0.3, 0.4) is 0 Å². The fraction of sp³-hybridized carbons (Fsp3) is 0.571. The number of nitrogens with zero attached hydrogens (tertiary/aromatic N) is 4. The van der Waals surface area contributed by atoms with Gasteiger partial charge in [-0.2, -0.15) is 5.26 Å². The molecule has 1 aliphatic rings. The van der Waals surface area contributed by atoms with E-state index in [1.54, 1.807) is 13.3 Å². The molecule has 2 heterocycles. The molecule has 1 fully saturated rings. The standard InChI is InChI=1S/C28H40N6O2/c1-5-28(3,6-2)20-32-26-24(18-30-25(17-29)33-26)19-31-27(35)23-9-7-21(8-10-23)22-11-13-34(14-12-22)15-16-36-4/h7-10,18,22H,5-6,11-16,19-20H2,1-4H3,(H,31,35)(H,30,32,33). The Morgan fingerprint density at radius 1 is 1.22 bits per heavy atom. The third-order valence-corrected chi connectivity index (χ3v) is 7.64. The van der Waals surface area contributed by atoms with Crippen molar-refractivity contribution in [3.8, 4) is 6.07 Å². The molecule has 1 aromatic heterocycles. The van der Waals surface area contributed by atoms with Gasteiger partial charge in [-0.25, -0.2) is 9.97 Å². The smallest absolute Gasteiger partial charge is 0.251 e. The highest BCUT2D eigenvalue weighted by molar-refractivity contribution is 5.94. The van der Waals surface area contributed by atoms with E-state index in [1.807, 2.05) is 18.2 Å². The number of nitriles is 1. The molecule has 36 heavy (non-hydrogen) atoms. The van der Waals surface area contributed by atoms with E-state index in [9.17, 15) is 10.1 Å². The molecule has 1 amide bonds. The molecule has 8 heteroatoms. The molecule has 0 saturated carbocycles. The van der Waals surface area contributed by atoms with Crippen molar-refractivity contribution in [1.29, 1.82) is 5.26 Å². The van der Waals surface area contributed by atoms with Crippen molar-refractivity contribution >= 4 is 11.7 Å². The number of piperidine rings is 1. The van der Waals surface area contributed by atoms with Crippen LogP contribution in [-0.2, 0) is 11.3 Å². The zero-order valence-corrected chi connectivity index (χ0v) is 22.1. The fourth-order valence-corrected chi connectivity index (χ4v) is 4.43. The summed E-state index contributed by atoms with van der Waals surface area (Å²) in [7, 11) is 1.74. The maximum absolute atomic E-state index is 12.8. The lowest BCUT2D eigenvalue weighted by Gasteiger charge is -2.32. The summed E-state index contributed by atoms with van der Waals surface area (Å²) >= 11 is 0. The van der Waals surface area contributed by atoms with Gasteiger partial charge in [0.05, 0.1) is 6.61 Å². The largest absolute Gasteiger partial charge is 0.383 e. The van der Waals surface area contributed by atoms with Gasteiger partial charge < -0.3 is 20.3 Å². The van der Waals surface area contributed by atoms with Crippen LogP contribution in [0.25, 0.3) is 0 Å². The van der Waals surface area contributed by atoms with E-state index in [1.165, 1.54) is 5.56 Å². The SMILES string of the molecule is CCC(C)(CC)CNc1nc(C#N)ncc1CNC(=O)c1ccc(C2CCN(CCOC)CC2)cc1. The summed E-state index contributed by atoms with van der Waals surface area (Å²) in [5.41, 5.74) is 2.80. The van der Waals surface area contributed by atoms with Gasteiger partial charge in [0.2, 0.25) is 5.82 Å². The number of ether oxygens (including phenoxy) is 1. The Labute approximate surface area is 215 Å². The first-order valence-electron chi connectivity index (χ1n) is 13.0. The van der Waals surface area contributed by atoms with Crippen LogP contribution in [0.4, 0.5) is 5.82 Å². The average molecular weight is 493 g/mol. The topological polar surface area (TPSA) is 103 Å². The van der Waals surface area contributed by atoms with Crippen molar-refractivity contribution in [2.75, 3.05) is 45.2 Å². The van der Waals surface area contributed by atoms with Gasteiger partial charge in [-0.3, -0.25) is 4.79 Å². The van der Waals surface area contributed by atoms with Gasteiger partial charge in [0.15, 0.2) is 0 Å². The molecular weight excluding hydrogens is 452 g/mol. The zero-order chi connectivity index (χ0) is 26.0. The third-order valence-electron chi connectivity index (χ3n) is 7.64. The molecular formula is C28H40N6O2. The number of likely N-dealkylation sites (tertiary alicyclic amines) is 1. The first-order chi connectivity index (χ1) is 17.4. The molecule has 194 valence electrons. The van der Waals surface area contributed by atoms with Crippen molar-refractivity contribution in [3.63, 3.8) is 0 Å². The predicted octanol–water partition coefficient (Wildman–Crippen LogP) is 4.34. The number of methoxy groups -OCH3 is 1. The van der Waals surface area contributed by atoms with Crippen molar-refractivity contribution in [2.45, 2.75) is 58.9 Å². The van der Waals surface area contributed by atoms with Crippen LogP contribution in [0.15, 0.2) is 30.5 Å². The monoisotopic (exact) mass is 492 g/mol. The van der Waals surface area contributed by atoms with Crippen molar-refractivity contribution < 1.29 is 9.53 Å². The predicted molar refractivity (Wildman–Crippen MR) is 142 cm³/mol. The van der Waals surface area contributed by atoms with E-state index in [4.69, 9.17) is 4.74 Å². The van der Waals surface area contributed by atoms with Gasteiger partial charge in [-0.05, 0) is 67.8 Å². The number of benzene rings is 1. The first-order valence-corrected chi connectivity index (χ1v) is 13.0. The molecule has 0 spiro atoms. The number of hydrogen-bond acceptors (Lipinski definition) is 7. The molecule has 1 saturated heterocycles. The van der Waals surface area contributed by atoms with Gasteiger partial charge in [0.1, 0.15) is 11.9 Å². The second-order valence-electron chi connectivity index (χ2n) is 9.96. The number of aromatic nitrogens is 2. The highest BCUT2D eigenvalue weighted by Gasteiger charge is 2.22. The Hall–Kier alpha value is -3.02. The minimum Gasteiger partial charge on any atom is -0.383 e. The second-order valence-corrected chi connectivity index (χ2v) is 9.96. The molecule has 1 aromatic carbocycles. The summed E-state index contributed by atoms with van der Waals surface area (Å²) in [4.78, 5) is 23.8.